The van der Waals surface area contributed by atoms with E-state index in [-0.39, 0.29) is 6.10 Å². The van der Waals surface area contributed by atoms with Crippen LogP contribution in [0.3, 0.4) is 0 Å². The number of nitrogens with one attached hydrogen (secondary N) is 1. The first-order chi connectivity index (χ1) is 5.49. The fourth-order valence-electron chi connectivity index (χ4n) is 1.63. The predicted octanol–water partition coefficient (Wildman–Crippen LogP) is 1.39. The SMILES string of the molecule is CC(C)(C)CC[C@@H]1CNC[C@H]1O. The summed E-state index contributed by atoms with van der Waals surface area (Å²) in [6.07, 6.45) is 2.25. The molecule has 0 amide bonds. The smallest absolute Gasteiger partial charge is 0.0704 e. The quantitative estimate of drug-likeness (QED) is 0.658. The molecule has 1 heterocycles. The molecule has 2 atom stereocenters. The summed E-state index contributed by atoms with van der Waals surface area (Å²) in [6.45, 7) is 8.54. The van der Waals surface area contributed by atoms with Gasteiger partial charge in [-0.1, -0.05) is 20.8 Å². The number of rotatable bonds is 2. The third-order valence-corrected chi connectivity index (χ3v) is 2.57. The first-order valence-corrected chi connectivity index (χ1v) is 4.88. The number of β-amino-alcohol motifs (C(OH)–C–C–N with tert-alkyl or cyclic N) is 1. The third kappa shape index (κ3) is 3.11. The zero-order valence-electron chi connectivity index (χ0n) is 8.43. The summed E-state index contributed by atoms with van der Waals surface area (Å²) in [5.74, 6) is 0.490. The van der Waals surface area contributed by atoms with E-state index < -0.39 is 0 Å². The van der Waals surface area contributed by atoms with E-state index in [1.807, 2.05) is 0 Å². The third-order valence-electron chi connectivity index (χ3n) is 2.57. The number of aliphatic hydroxyl groups excluding tert-OH is 1. The van der Waals surface area contributed by atoms with Crippen LogP contribution in [-0.2, 0) is 0 Å². The van der Waals surface area contributed by atoms with Crippen LogP contribution in [0.1, 0.15) is 33.6 Å². The minimum atomic E-state index is -0.104. The second kappa shape index (κ2) is 3.75. The molecule has 0 saturated carbocycles. The second-order valence-corrected chi connectivity index (χ2v) is 5.09. The van der Waals surface area contributed by atoms with Gasteiger partial charge in [0.1, 0.15) is 0 Å². The van der Waals surface area contributed by atoms with Gasteiger partial charge in [0.15, 0.2) is 0 Å². The molecule has 0 bridgehead atoms. The number of aliphatic hydroxyl groups is 1. The lowest BCUT2D eigenvalue weighted by Crippen LogP contribution is -2.19. The van der Waals surface area contributed by atoms with Crippen LogP contribution in [0.4, 0.5) is 0 Å². The van der Waals surface area contributed by atoms with Crippen molar-refractivity contribution in [3.63, 3.8) is 0 Å². The molecule has 0 aliphatic carbocycles. The van der Waals surface area contributed by atoms with Gasteiger partial charge in [-0.3, -0.25) is 0 Å². The van der Waals surface area contributed by atoms with Crippen LogP contribution in [0.25, 0.3) is 0 Å². The first kappa shape index (κ1) is 10.0. The first-order valence-electron chi connectivity index (χ1n) is 4.88. The van der Waals surface area contributed by atoms with Gasteiger partial charge in [0.05, 0.1) is 6.10 Å². The van der Waals surface area contributed by atoms with Gasteiger partial charge in [-0.2, -0.15) is 0 Å². The average Bonchev–Trinajstić information content (AvgIpc) is 2.29. The Morgan fingerprint density at radius 1 is 1.33 bits per heavy atom. The topological polar surface area (TPSA) is 32.3 Å². The lowest BCUT2D eigenvalue weighted by atomic mass is 9.86. The highest BCUT2D eigenvalue weighted by Gasteiger charge is 2.25. The molecule has 2 N–H and O–H groups in total. The summed E-state index contributed by atoms with van der Waals surface area (Å²) in [5.41, 5.74) is 0.405. The van der Waals surface area contributed by atoms with Crippen LogP contribution < -0.4 is 5.32 Å². The summed E-state index contributed by atoms with van der Waals surface area (Å²) in [6, 6.07) is 0. The molecule has 12 heavy (non-hydrogen) atoms. The maximum atomic E-state index is 9.52. The van der Waals surface area contributed by atoms with Gasteiger partial charge in [-0.15, -0.1) is 0 Å². The molecular formula is C10H21NO. The van der Waals surface area contributed by atoms with E-state index in [1.54, 1.807) is 0 Å². The molecule has 72 valence electrons. The second-order valence-electron chi connectivity index (χ2n) is 5.09. The molecule has 1 saturated heterocycles. The fraction of sp³-hybridized carbons (Fsp3) is 1.00. The van der Waals surface area contributed by atoms with Crippen molar-refractivity contribution in [2.24, 2.45) is 11.3 Å². The average molecular weight is 171 g/mol. The highest BCUT2D eigenvalue weighted by atomic mass is 16.3. The Balaban J connectivity index is 2.23. The molecule has 2 nitrogen and oxygen atoms in total. The summed E-state index contributed by atoms with van der Waals surface area (Å²) in [5, 5.41) is 12.7. The number of hydrogen-bond donors (Lipinski definition) is 2. The molecular weight excluding hydrogens is 150 g/mol. The Morgan fingerprint density at radius 3 is 2.42 bits per heavy atom. The van der Waals surface area contributed by atoms with Crippen molar-refractivity contribution in [3.05, 3.63) is 0 Å². The van der Waals surface area contributed by atoms with Gasteiger partial charge < -0.3 is 10.4 Å². The molecule has 1 rings (SSSR count). The molecule has 0 radical (unpaired) electrons. The van der Waals surface area contributed by atoms with Crippen LogP contribution in [0.5, 0.6) is 0 Å². The molecule has 0 aromatic heterocycles. The van der Waals surface area contributed by atoms with E-state index >= 15 is 0 Å². The summed E-state index contributed by atoms with van der Waals surface area (Å²) in [7, 11) is 0. The Kier molecular flexibility index (Phi) is 3.13. The van der Waals surface area contributed by atoms with Crippen molar-refractivity contribution in [3.8, 4) is 0 Å². The summed E-state index contributed by atoms with van der Waals surface area (Å²) >= 11 is 0. The van der Waals surface area contributed by atoms with Crippen molar-refractivity contribution in [1.29, 1.82) is 0 Å². The molecule has 0 aromatic rings. The normalized spacial score (nSPS) is 31.0. The maximum Gasteiger partial charge on any atom is 0.0704 e. The Morgan fingerprint density at radius 2 is 2.00 bits per heavy atom. The Hall–Kier alpha value is -0.0800. The molecule has 0 aromatic carbocycles. The van der Waals surface area contributed by atoms with Crippen molar-refractivity contribution in [2.75, 3.05) is 13.1 Å². The van der Waals surface area contributed by atoms with Gasteiger partial charge in [-0.05, 0) is 24.2 Å². The van der Waals surface area contributed by atoms with Crippen LogP contribution >= 0.6 is 0 Å². The standard InChI is InChI=1S/C10H21NO/c1-10(2,3)5-4-8-6-11-7-9(8)12/h8-9,11-12H,4-7H2,1-3H3/t8-,9-/m1/s1. The summed E-state index contributed by atoms with van der Waals surface area (Å²) < 4.78 is 0. The fourth-order valence-corrected chi connectivity index (χ4v) is 1.63. The van der Waals surface area contributed by atoms with Crippen LogP contribution in [0, 0.1) is 11.3 Å². The number of hydrogen-bond acceptors (Lipinski definition) is 2. The van der Waals surface area contributed by atoms with Crippen LogP contribution in [-0.4, -0.2) is 24.3 Å². The molecule has 1 aliphatic heterocycles. The van der Waals surface area contributed by atoms with Crippen molar-refractivity contribution in [2.45, 2.75) is 39.7 Å². The van der Waals surface area contributed by atoms with Crippen LogP contribution in [0.15, 0.2) is 0 Å². The molecule has 2 heteroatoms. The zero-order valence-corrected chi connectivity index (χ0v) is 8.43. The van der Waals surface area contributed by atoms with E-state index in [4.69, 9.17) is 0 Å². The monoisotopic (exact) mass is 171 g/mol. The molecule has 0 spiro atoms. The molecule has 0 unspecified atom stereocenters. The van der Waals surface area contributed by atoms with Crippen molar-refractivity contribution >= 4 is 0 Å². The van der Waals surface area contributed by atoms with Crippen molar-refractivity contribution < 1.29 is 5.11 Å². The lowest BCUT2D eigenvalue weighted by molar-refractivity contribution is 0.134. The van der Waals surface area contributed by atoms with Gasteiger partial charge in [0.2, 0.25) is 0 Å². The lowest BCUT2D eigenvalue weighted by Gasteiger charge is -2.21. The van der Waals surface area contributed by atoms with E-state index in [1.165, 1.54) is 6.42 Å². The molecule has 1 aliphatic rings. The molecule has 1 fully saturated rings. The maximum absolute atomic E-state index is 9.52. The van der Waals surface area contributed by atoms with Crippen LogP contribution in [0.2, 0.25) is 0 Å². The van der Waals surface area contributed by atoms with E-state index in [0.29, 0.717) is 11.3 Å². The van der Waals surface area contributed by atoms with E-state index in [9.17, 15) is 5.11 Å². The van der Waals surface area contributed by atoms with Gasteiger partial charge in [0, 0.05) is 13.1 Å². The minimum Gasteiger partial charge on any atom is -0.391 e. The van der Waals surface area contributed by atoms with Gasteiger partial charge >= 0.3 is 0 Å². The van der Waals surface area contributed by atoms with Gasteiger partial charge in [0.25, 0.3) is 0 Å². The highest BCUT2D eigenvalue weighted by molar-refractivity contribution is 4.81. The zero-order chi connectivity index (χ0) is 9.19. The largest absolute Gasteiger partial charge is 0.391 e. The predicted molar refractivity (Wildman–Crippen MR) is 51.1 cm³/mol. The van der Waals surface area contributed by atoms with E-state index in [0.717, 1.165) is 19.5 Å². The summed E-state index contributed by atoms with van der Waals surface area (Å²) in [4.78, 5) is 0. The highest BCUT2D eigenvalue weighted by Crippen LogP contribution is 2.25. The minimum absolute atomic E-state index is 0.104. The van der Waals surface area contributed by atoms with Gasteiger partial charge in [-0.25, -0.2) is 0 Å². The van der Waals surface area contributed by atoms with Crippen molar-refractivity contribution in [1.82, 2.24) is 5.32 Å². The van der Waals surface area contributed by atoms with E-state index in [2.05, 4.69) is 26.1 Å². The Bertz CT molecular complexity index is 139. The Labute approximate surface area is 75.4 Å².